The fraction of sp³-hybridized carbons (Fsp3) is 0.923. The van der Waals surface area contributed by atoms with E-state index in [4.69, 9.17) is 4.74 Å². The van der Waals surface area contributed by atoms with Crippen molar-refractivity contribution in [3.8, 4) is 0 Å². The van der Waals surface area contributed by atoms with Crippen molar-refractivity contribution in [1.29, 1.82) is 0 Å². The number of carboxylic acids is 1. The highest BCUT2D eigenvalue weighted by molar-refractivity contribution is 5.81. The van der Waals surface area contributed by atoms with E-state index in [1.807, 2.05) is 0 Å². The van der Waals surface area contributed by atoms with E-state index in [1.54, 1.807) is 0 Å². The number of aliphatic carboxylic acids is 1. The molecule has 0 aliphatic carbocycles. The van der Waals surface area contributed by atoms with Crippen molar-refractivity contribution in [2.24, 2.45) is 0 Å². The SMILES string of the molecule is CCCCCCCCCCCOC(=O)CC(NCCCN(CCCC)CCCC)C(=O)O. The molecule has 0 saturated carbocycles. The minimum Gasteiger partial charge on any atom is -0.480 e. The zero-order valence-corrected chi connectivity index (χ0v) is 21.3. The third-order valence-electron chi connectivity index (χ3n) is 5.88. The summed E-state index contributed by atoms with van der Waals surface area (Å²) in [6, 6.07) is -0.870. The molecule has 0 aromatic carbocycles. The average molecular weight is 457 g/mol. The van der Waals surface area contributed by atoms with Crippen LogP contribution in [-0.2, 0) is 14.3 Å². The fourth-order valence-corrected chi connectivity index (χ4v) is 3.75. The van der Waals surface area contributed by atoms with Crippen molar-refractivity contribution in [2.45, 2.75) is 123 Å². The Hall–Kier alpha value is -1.14. The van der Waals surface area contributed by atoms with E-state index in [2.05, 4.69) is 31.0 Å². The Morgan fingerprint density at radius 3 is 1.78 bits per heavy atom. The number of nitrogens with zero attached hydrogens (tertiary/aromatic N) is 1. The zero-order chi connectivity index (χ0) is 23.9. The third kappa shape index (κ3) is 19.5. The molecule has 0 spiro atoms. The van der Waals surface area contributed by atoms with Gasteiger partial charge in [-0.15, -0.1) is 0 Å². The first kappa shape index (κ1) is 30.9. The molecule has 0 bridgehead atoms. The van der Waals surface area contributed by atoms with Gasteiger partial charge in [-0.3, -0.25) is 9.59 Å². The Kier molecular flexibility index (Phi) is 22.2. The van der Waals surface area contributed by atoms with Crippen LogP contribution in [0.4, 0.5) is 0 Å². The number of carbonyl (C=O) groups excluding carboxylic acids is 1. The molecule has 0 fully saturated rings. The van der Waals surface area contributed by atoms with Crippen LogP contribution in [0, 0.1) is 0 Å². The minimum atomic E-state index is -0.987. The fourth-order valence-electron chi connectivity index (χ4n) is 3.75. The maximum absolute atomic E-state index is 12.0. The lowest BCUT2D eigenvalue weighted by Crippen LogP contribution is -2.40. The number of carbonyl (C=O) groups is 2. The lowest BCUT2D eigenvalue weighted by Gasteiger charge is -2.22. The van der Waals surface area contributed by atoms with Crippen LogP contribution in [0.1, 0.15) is 117 Å². The standard InChI is InChI=1S/C26H52N2O4/c1-4-7-10-11-12-13-14-15-16-22-32-25(29)23-24(26(30)31)27-18-17-21-28(19-8-5-2)20-9-6-3/h24,27H,4-23H2,1-3H3,(H,30,31). The lowest BCUT2D eigenvalue weighted by molar-refractivity contribution is -0.149. The summed E-state index contributed by atoms with van der Waals surface area (Å²) >= 11 is 0. The quantitative estimate of drug-likeness (QED) is 0.141. The van der Waals surface area contributed by atoms with Gasteiger partial charge in [-0.05, 0) is 51.9 Å². The molecule has 6 heteroatoms. The highest BCUT2D eigenvalue weighted by atomic mass is 16.5. The second-order valence-corrected chi connectivity index (χ2v) is 9.00. The molecule has 6 nitrogen and oxygen atoms in total. The summed E-state index contributed by atoms with van der Waals surface area (Å²) in [7, 11) is 0. The Morgan fingerprint density at radius 2 is 1.25 bits per heavy atom. The number of unbranched alkanes of at least 4 members (excludes halogenated alkanes) is 10. The predicted octanol–water partition coefficient (Wildman–Crippen LogP) is 5.79. The summed E-state index contributed by atoms with van der Waals surface area (Å²) in [4.78, 5) is 26.0. The Bertz CT molecular complexity index is 438. The van der Waals surface area contributed by atoms with Gasteiger partial charge in [0.05, 0.1) is 13.0 Å². The Balaban J connectivity index is 3.92. The Labute approximate surface area is 197 Å². The predicted molar refractivity (Wildman–Crippen MR) is 133 cm³/mol. The van der Waals surface area contributed by atoms with E-state index < -0.39 is 18.0 Å². The number of ether oxygens (including phenoxy) is 1. The van der Waals surface area contributed by atoms with Crippen molar-refractivity contribution >= 4 is 11.9 Å². The molecule has 0 aromatic rings. The molecule has 0 saturated heterocycles. The second-order valence-electron chi connectivity index (χ2n) is 9.00. The molecule has 1 atom stereocenters. The van der Waals surface area contributed by atoms with Crippen molar-refractivity contribution < 1.29 is 19.4 Å². The van der Waals surface area contributed by atoms with Crippen LogP contribution < -0.4 is 5.32 Å². The summed E-state index contributed by atoms with van der Waals surface area (Å²) in [6.07, 6.45) is 16.4. The van der Waals surface area contributed by atoms with Crippen LogP contribution >= 0.6 is 0 Å². The molecular formula is C26H52N2O4. The van der Waals surface area contributed by atoms with E-state index in [0.717, 1.165) is 38.9 Å². The highest BCUT2D eigenvalue weighted by Gasteiger charge is 2.21. The van der Waals surface area contributed by atoms with E-state index in [9.17, 15) is 14.7 Å². The van der Waals surface area contributed by atoms with Gasteiger partial charge in [-0.2, -0.15) is 0 Å². The molecule has 1 unspecified atom stereocenters. The summed E-state index contributed by atoms with van der Waals surface area (Å²) < 4.78 is 5.26. The van der Waals surface area contributed by atoms with Crippen LogP contribution in [0.2, 0.25) is 0 Å². The minimum absolute atomic E-state index is 0.109. The van der Waals surface area contributed by atoms with Gasteiger partial charge >= 0.3 is 11.9 Å². The maximum Gasteiger partial charge on any atom is 0.321 e. The van der Waals surface area contributed by atoms with Gasteiger partial charge in [-0.25, -0.2) is 0 Å². The van der Waals surface area contributed by atoms with Gasteiger partial charge < -0.3 is 20.1 Å². The summed E-state index contributed by atoms with van der Waals surface area (Å²) in [6.45, 7) is 10.8. The molecule has 0 aliphatic rings. The molecule has 0 amide bonds. The van der Waals surface area contributed by atoms with Crippen LogP contribution in [0.5, 0.6) is 0 Å². The number of hydrogen-bond donors (Lipinski definition) is 2. The number of rotatable bonds is 24. The van der Waals surface area contributed by atoms with Crippen LogP contribution in [0.15, 0.2) is 0 Å². The van der Waals surface area contributed by atoms with E-state index in [1.165, 1.54) is 70.6 Å². The molecule has 0 rings (SSSR count). The summed E-state index contributed by atoms with van der Waals surface area (Å²) in [5, 5.41) is 12.5. The van der Waals surface area contributed by atoms with Gasteiger partial charge in [0.2, 0.25) is 0 Å². The number of carboxylic acid groups (broad SMARTS) is 1. The third-order valence-corrected chi connectivity index (χ3v) is 5.88. The molecule has 0 aromatic heterocycles. The van der Waals surface area contributed by atoms with Crippen molar-refractivity contribution in [3.63, 3.8) is 0 Å². The van der Waals surface area contributed by atoms with E-state index in [0.29, 0.717) is 13.2 Å². The van der Waals surface area contributed by atoms with Gasteiger partial charge in [-0.1, -0.05) is 85.0 Å². The molecule has 2 N–H and O–H groups in total. The van der Waals surface area contributed by atoms with Crippen molar-refractivity contribution in [1.82, 2.24) is 10.2 Å². The van der Waals surface area contributed by atoms with Crippen LogP contribution in [0.25, 0.3) is 0 Å². The van der Waals surface area contributed by atoms with Gasteiger partial charge in [0.1, 0.15) is 6.04 Å². The normalized spacial score (nSPS) is 12.2. The highest BCUT2D eigenvalue weighted by Crippen LogP contribution is 2.10. The van der Waals surface area contributed by atoms with Crippen molar-refractivity contribution in [2.75, 3.05) is 32.8 Å². The summed E-state index contributed by atoms with van der Waals surface area (Å²) in [5.41, 5.74) is 0. The molecule has 0 aliphatic heterocycles. The molecule has 0 heterocycles. The molecule has 32 heavy (non-hydrogen) atoms. The number of hydrogen-bond acceptors (Lipinski definition) is 5. The molecule has 0 radical (unpaired) electrons. The first-order valence-corrected chi connectivity index (χ1v) is 13.4. The topological polar surface area (TPSA) is 78.9 Å². The van der Waals surface area contributed by atoms with Crippen LogP contribution in [0.3, 0.4) is 0 Å². The van der Waals surface area contributed by atoms with E-state index in [-0.39, 0.29) is 6.42 Å². The molecular weight excluding hydrogens is 404 g/mol. The number of esters is 1. The molecule has 190 valence electrons. The Morgan fingerprint density at radius 1 is 0.750 bits per heavy atom. The first-order chi connectivity index (χ1) is 15.5. The lowest BCUT2D eigenvalue weighted by atomic mass is 10.1. The summed E-state index contributed by atoms with van der Waals surface area (Å²) in [5.74, 6) is -1.41. The van der Waals surface area contributed by atoms with Gasteiger partial charge in [0, 0.05) is 0 Å². The van der Waals surface area contributed by atoms with Crippen LogP contribution in [-0.4, -0.2) is 60.8 Å². The van der Waals surface area contributed by atoms with Crippen molar-refractivity contribution in [3.05, 3.63) is 0 Å². The second kappa shape index (κ2) is 23.0. The van der Waals surface area contributed by atoms with E-state index >= 15 is 0 Å². The largest absolute Gasteiger partial charge is 0.480 e. The average Bonchev–Trinajstić information content (AvgIpc) is 2.78. The monoisotopic (exact) mass is 456 g/mol. The first-order valence-electron chi connectivity index (χ1n) is 13.4. The zero-order valence-electron chi connectivity index (χ0n) is 21.3. The van der Waals surface area contributed by atoms with Gasteiger partial charge in [0.25, 0.3) is 0 Å². The number of nitrogens with one attached hydrogen (secondary N) is 1. The smallest absolute Gasteiger partial charge is 0.321 e. The maximum atomic E-state index is 12.0. The van der Waals surface area contributed by atoms with Gasteiger partial charge in [0.15, 0.2) is 0 Å².